The molecule has 0 fully saturated rings. The van der Waals surface area contributed by atoms with Crippen molar-refractivity contribution in [2.75, 3.05) is 0 Å². The lowest BCUT2D eigenvalue weighted by molar-refractivity contribution is 0.480. The van der Waals surface area contributed by atoms with Crippen molar-refractivity contribution in [3.05, 3.63) is 19.6 Å². The van der Waals surface area contributed by atoms with Gasteiger partial charge in [-0.3, -0.25) is 0 Å². The first-order valence-electron chi connectivity index (χ1n) is 1.62. The lowest BCUT2D eigenvalue weighted by atomic mass is 10.7. The summed E-state index contributed by atoms with van der Waals surface area (Å²) in [5.41, 5.74) is 0. The molecular weight excluding hydrogens is 132 g/mol. The van der Waals surface area contributed by atoms with E-state index in [0.29, 0.717) is 0 Å². The molecule has 0 heterocycles. The fraction of sp³-hybridized carbons (Fsp3) is 1.00. The Labute approximate surface area is 47.5 Å². The Kier molecular flexibility index (Phi) is 2.17. The van der Waals surface area contributed by atoms with Gasteiger partial charge in [-0.05, 0) is 0 Å². The third-order valence-electron chi connectivity index (χ3n) is 0.490. The summed E-state index contributed by atoms with van der Waals surface area (Å²) in [4.78, 5) is 37.6. The largest absolute Gasteiger partial charge is 0.487 e. The summed E-state index contributed by atoms with van der Waals surface area (Å²) < 4.78 is 0. The Morgan fingerprint density at radius 3 is 0.889 bits per heavy atom. The van der Waals surface area contributed by atoms with E-state index in [2.05, 4.69) is 0 Å². The van der Waals surface area contributed by atoms with Gasteiger partial charge in [0.2, 0.25) is 0 Å². The van der Waals surface area contributed by atoms with Crippen LogP contribution in [0.5, 0.6) is 0 Å². The summed E-state index contributed by atoms with van der Waals surface area (Å²) >= 11 is 0. The van der Waals surface area contributed by atoms with Crippen molar-refractivity contribution in [2.24, 2.45) is 20.7 Å². The van der Waals surface area contributed by atoms with Gasteiger partial charge in [0.1, 0.15) is 0 Å². The molecule has 0 bridgehead atoms. The first-order valence-corrected chi connectivity index (χ1v) is 1.62. The molecule has 48 valence electrons. The number of rotatable bonds is 4. The van der Waals surface area contributed by atoms with Gasteiger partial charge in [-0.15, -0.1) is 19.6 Å². The van der Waals surface area contributed by atoms with Crippen LogP contribution in [0, 0.1) is 19.6 Å². The average Bonchev–Trinajstić information content (AvgIpc) is 1.95. The van der Waals surface area contributed by atoms with Crippen LogP contribution in [0.1, 0.15) is 0 Å². The van der Waals surface area contributed by atoms with Crippen molar-refractivity contribution in [3.8, 4) is 0 Å². The Morgan fingerprint density at radius 2 is 0.889 bits per heavy atom. The van der Waals surface area contributed by atoms with Crippen LogP contribution >= 0.6 is 0 Å². The third-order valence-corrected chi connectivity index (χ3v) is 0.490. The second-order valence-corrected chi connectivity index (χ2v) is 0.965. The van der Waals surface area contributed by atoms with E-state index in [-0.39, 0.29) is 0 Å². The van der Waals surface area contributed by atoms with Crippen LogP contribution in [0.2, 0.25) is 0 Å². The van der Waals surface area contributed by atoms with E-state index in [1.807, 2.05) is 0 Å². The van der Waals surface area contributed by atoms with Gasteiger partial charge in [0.15, 0.2) is 0 Å². The van der Waals surface area contributed by atoms with Crippen molar-refractivity contribution >= 4 is 0 Å². The van der Waals surface area contributed by atoms with E-state index >= 15 is 0 Å². The molecule has 0 spiro atoms. The lowest BCUT2D eigenvalue weighted by Gasteiger charge is -1.92. The molecular formula is CN4O4. The minimum atomic E-state index is -3.06. The van der Waals surface area contributed by atoms with Crippen LogP contribution in [0.4, 0.5) is 0 Å². The second kappa shape index (κ2) is 2.64. The number of hydrogen-bond donors (Lipinski definition) is 0. The molecule has 9 heavy (non-hydrogen) atoms. The highest BCUT2D eigenvalue weighted by Gasteiger charge is 2.36. The molecule has 0 saturated heterocycles. The van der Waals surface area contributed by atoms with Gasteiger partial charge in [-0.25, -0.2) is 0 Å². The van der Waals surface area contributed by atoms with Crippen molar-refractivity contribution in [1.82, 2.24) is 0 Å². The topological polar surface area (TPSA) is 118 Å². The first kappa shape index (κ1) is 7.40. The molecule has 0 aliphatic rings. The van der Waals surface area contributed by atoms with Gasteiger partial charge >= 0.3 is 5.91 Å². The fourth-order valence-electron chi connectivity index (χ4n) is 0.100. The van der Waals surface area contributed by atoms with E-state index in [1.165, 1.54) is 0 Å². The summed E-state index contributed by atoms with van der Waals surface area (Å²) in [6, 6.07) is 0. The normalized spacial score (nSPS) is 9.78. The van der Waals surface area contributed by atoms with Crippen molar-refractivity contribution in [1.29, 1.82) is 0 Å². The third kappa shape index (κ3) is 1.15. The van der Waals surface area contributed by atoms with Gasteiger partial charge in [-0.1, -0.05) is 0 Å². The Balaban J connectivity index is 4.53. The van der Waals surface area contributed by atoms with Crippen LogP contribution in [-0.2, 0) is 0 Å². The minimum Gasteiger partial charge on any atom is -0.144 e. The molecule has 0 N–H and O–H groups in total. The predicted octanol–water partition coefficient (Wildman–Crippen LogP) is 0.663. The molecule has 0 rings (SSSR count). The van der Waals surface area contributed by atoms with Crippen molar-refractivity contribution < 1.29 is 0 Å². The number of nitrogens with zero attached hydrogens (tertiary/aromatic N) is 4. The maximum absolute atomic E-state index is 9.39. The molecule has 0 atom stereocenters. The Morgan fingerprint density at radius 1 is 0.667 bits per heavy atom. The molecule has 0 amide bonds. The molecule has 0 saturated carbocycles. The Hall–Kier alpha value is -1.60. The minimum absolute atomic E-state index is 1.69. The van der Waals surface area contributed by atoms with Crippen LogP contribution in [-0.4, -0.2) is 5.91 Å². The van der Waals surface area contributed by atoms with Crippen LogP contribution in [0.15, 0.2) is 20.7 Å². The monoisotopic (exact) mass is 132 g/mol. The van der Waals surface area contributed by atoms with Crippen LogP contribution in [0.25, 0.3) is 0 Å². The smallest absolute Gasteiger partial charge is 0.144 e. The van der Waals surface area contributed by atoms with Gasteiger partial charge < -0.3 is 0 Å². The lowest BCUT2D eigenvalue weighted by Crippen LogP contribution is -2.13. The van der Waals surface area contributed by atoms with E-state index in [1.54, 1.807) is 20.7 Å². The summed E-state index contributed by atoms with van der Waals surface area (Å²) in [5.74, 6) is -3.06. The zero-order chi connectivity index (χ0) is 7.33. The zero-order valence-electron chi connectivity index (χ0n) is 3.92. The maximum Gasteiger partial charge on any atom is 0.487 e. The SMILES string of the molecule is O=NC(N=O)(N=O)N=O. The fourth-order valence-corrected chi connectivity index (χ4v) is 0.100. The maximum atomic E-state index is 9.39. The predicted molar refractivity (Wildman–Crippen MR) is 25.9 cm³/mol. The summed E-state index contributed by atoms with van der Waals surface area (Å²) in [6.07, 6.45) is 0. The second-order valence-electron chi connectivity index (χ2n) is 0.965. The van der Waals surface area contributed by atoms with Crippen LogP contribution in [0.3, 0.4) is 0 Å². The Bertz CT molecular complexity index is 115. The van der Waals surface area contributed by atoms with Gasteiger partial charge in [-0.2, -0.15) is 0 Å². The number of hydrogen-bond acceptors (Lipinski definition) is 8. The number of nitroso groups, excluding NO2 is 4. The van der Waals surface area contributed by atoms with Crippen LogP contribution < -0.4 is 0 Å². The highest BCUT2D eigenvalue weighted by molar-refractivity contribution is 4.76. The quantitative estimate of drug-likeness (QED) is 0.522. The summed E-state index contributed by atoms with van der Waals surface area (Å²) in [6.45, 7) is 0. The highest BCUT2D eigenvalue weighted by Crippen LogP contribution is 2.14. The molecule has 0 unspecified atom stereocenters. The molecule has 0 aliphatic carbocycles. The summed E-state index contributed by atoms with van der Waals surface area (Å²) in [7, 11) is 0. The molecule has 8 heteroatoms. The molecule has 0 aromatic rings. The van der Waals surface area contributed by atoms with Gasteiger partial charge in [0, 0.05) is 20.7 Å². The van der Waals surface area contributed by atoms with Crippen molar-refractivity contribution in [3.63, 3.8) is 0 Å². The van der Waals surface area contributed by atoms with E-state index in [0.717, 1.165) is 0 Å². The molecule has 0 aromatic heterocycles. The van der Waals surface area contributed by atoms with Crippen molar-refractivity contribution in [2.45, 2.75) is 5.91 Å². The van der Waals surface area contributed by atoms with Gasteiger partial charge in [0.05, 0.1) is 0 Å². The molecule has 8 nitrogen and oxygen atoms in total. The summed E-state index contributed by atoms with van der Waals surface area (Å²) in [5, 5.41) is 6.75. The highest BCUT2D eigenvalue weighted by atomic mass is 16.4. The molecule has 0 aliphatic heterocycles. The van der Waals surface area contributed by atoms with E-state index in [4.69, 9.17) is 0 Å². The molecule has 0 aromatic carbocycles. The molecule has 0 radical (unpaired) electrons. The first-order chi connectivity index (χ1) is 4.24. The zero-order valence-corrected chi connectivity index (χ0v) is 3.92. The standard InChI is InChI=1S/CN4O4/c6-2-1(3-7,4-8)5-9. The average molecular weight is 132 g/mol. The van der Waals surface area contributed by atoms with E-state index in [9.17, 15) is 19.6 Å². The van der Waals surface area contributed by atoms with Gasteiger partial charge in [0.25, 0.3) is 0 Å². The van der Waals surface area contributed by atoms with E-state index < -0.39 is 5.91 Å².